The second kappa shape index (κ2) is 8.50. The van der Waals surface area contributed by atoms with Gasteiger partial charge < -0.3 is 19.7 Å². The first-order chi connectivity index (χ1) is 14.8. The Kier molecular flexibility index (Phi) is 5.77. The number of amides is 1. The Balaban J connectivity index is 1.59. The number of morpholine rings is 1. The highest BCUT2D eigenvalue weighted by Gasteiger charge is 2.19. The van der Waals surface area contributed by atoms with Crippen molar-refractivity contribution in [1.29, 1.82) is 0 Å². The van der Waals surface area contributed by atoms with Gasteiger partial charge in [-0.25, -0.2) is 18.7 Å². The summed E-state index contributed by atoms with van der Waals surface area (Å²) in [5.41, 5.74) is 1.82. The molecule has 3 aromatic rings. The van der Waals surface area contributed by atoms with Crippen LogP contribution < -0.4 is 10.2 Å². The quantitative estimate of drug-likeness (QED) is 0.687. The molecule has 2 aromatic heterocycles. The molecule has 0 aliphatic carbocycles. The number of fused-ring (bicyclic) bond motifs is 1. The summed E-state index contributed by atoms with van der Waals surface area (Å²) in [7, 11) is 0. The van der Waals surface area contributed by atoms with E-state index in [0.717, 1.165) is 24.4 Å². The first kappa shape index (κ1) is 21.0. The van der Waals surface area contributed by atoms with Gasteiger partial charge in [0.05, 0.1) is 36.8 Å². The van der Waals surface area contributed by atoms with Crippen LogP contribution in [0, 0.1) is 5.82 Å². The van der Waals surface area contributed by atoms with Crippen molar-refractivity contribution in [2.45, 2.75) is 32.9 Å². The summed E-state index contributed by atoms with van der Waals surface area (Å²) in [6.45, 7) is 8.12. The molecule has 1 amide bonds. The third-order valence-corrected chi connectivity index (χ3v) is 4.86. The number of nitrogens with zero attached hydrogens (tertiary/aromatic N) is 4. The normalized spacial score (nSPS) is 14.6. The summed E-state index contributed by atoms with van der Waals surface area (Å²) in [5.74, 6) is 0.343. The molecule has 1 saturated heterocycles. The molecule has 164 valence electrons. The molecule has 0 saturated carbocycles. The third kappa shape index (κ3) is 4.93. The number of aromatic nitrogens is 3. The minimum Gasteiger partial charge on any atom is -0.444 e. The highest BCUT2D eigenvalue weighted by Crippen LogP contribution is 2.27. The Labute approximate surface area is 180 Å². The average Bonchev–Trinajstić information content (AvgIpc) is 3.20. The van der Waals surface area contributed by atoms with E-state index < -0.39 is 17.5 Å². The van der Waals surface area contributed by atoms with Gasteiger partial charge in [-0.1, -0.05) is 12.1 Å². The number of carbonyl (C=O) groups is 1. The molecule has 31 heavy (non-hydrogen) atoms. The standard InChI is InChI=1S/C22H26FN5O3/c1-22(2,3)31-21(29)24-13-16-5-4-15(12-17(16)23)20-18-6-7-25-28(18)14-19(26-20)27-8-10-30-11-9-27/h4-7,12,14H,8-11,13H2,1-3H3,(H,24,29). The number of halogens is 1. The van der Waals surface area contributed by atoms with Crippen LogP contribution in [0.2, 0.25) is 0 Å². The zero-order valence-electron chi connectivity index (χ0n) is 17.9. The van der Waals surface area contributed by atoms with Gasteiger partial charge in [0.1, 0.15) is 17.2 Å². The van der Waals surface area contributed by atoms with E-state index in [2.05, 4.69) is 15.3 Å². The molecule has 0 atom stereocenters. The van der Waals surface area contributed by atoms with Gasteiger partial charge in [0.15, 0.2) is 0 Å². The van der Waals surface area contributed by atoms with Gasteiger partial charge in [-0.2, -0.15) is 5.10 Å². The Morgan fingerprint density at radius 1 is 1.26 bits per heavy atom. The van der Waals surface area contributed by atoms with Crippen molar-refractivity contribution >= 4 is 17.4 Å². The number of carbonyl (C=O) groups excluding carboxylic acids is 1. The number of alkyl carbamates (subject to hydrolysis) is 1. The van der Waals surface area contributed by atoms with Crippen molar-refractivity contribution < 1.29 is 18.7 Å². The zero-order chi connectivity index (χ0) is 22.0. The van der Waals surface area contributed by atoms with Crippen molar-refractivity contribution in [3.05, 3.63) is 48.0 Å². The molecule has 1 aliphatic rings. The fraction of sp³-hybridized carbons (Fsp3) is 0.409. The molecular formula is C22H26FN5O3. The Bertz CT molecular complexity index is 1090. The first-order valence-corrected chi connectivity index (χ1v) is 10.2. The third-order valence-electron chi connectivity index (χ3n) is 4.86. The molecule has 1 N–H and O–H groups in total. The lowest BCUT2D eigenvalue weighted by molar-refractivity contribution is 0.0523. The summed E-state index contributed by atoms with van der Waals surface area (Å²) >= 11 is 0. The number of rotatable bonds is 4. The lowest BCUT2D eigenvalue weighted by Gasteiger charge is -2.28. The Hall–Kier alpha value is -3.20. The fourth-order valence-electron chi connectivity index (χ4n) is 3.39. The molecule has 0 radical (unpaired) electrons. The van der Waals surface area contributed by atoms with Crippen molar-refractivity contribution in [3.8, 4) is 11.3 Å². The Morgan fingerprint density at radius 3 is 2.74 bits per heavy atom. The molecule has 8 nitrogen and oxygen atoms in total. The minimum absolute atomic E-state index is 0.0321. The smallest absolute Gasteiger partial charge is 0.407 e. The van der Waals surface area contributed by atoms with Gasteiger partial charge in [0, 0.05) is 30.8 Å². The maximum absolute atomic E-state index is 14.8. The summed E-state index contributed by atoms with van der Waals surface area (Å²) in [6, 6.07) is 6.73. The van der Waals surface area contributed by atoms with E-state index >= 15 is 0 Å². The average molecular weight is 427 g/mol. The number of anilines is 1. The predicted octanol–water partition coefficient (Wildman–Crippen LogP) is 3.40. The molecule has 0 bridgehead atoms. The van der Waals surface area contributed by atoms with E-state index in [-0.39, 0.29) is 6.54 Å². The van der Waals surface area contributed by atoms with Crippen LogP contribution in [0.15, 0.2) is 36.7 Å². The van der Waals surface area contributed by atoms with Crippen LogP contribution in [0.5, 0.6) is 0 Å². The van der Waals surface area contributed by atoms with E-state index in [1.54, 1.807) is 43.6 Å². The monoisotopic (exact) mass is 427 g/mol. The van der Waals surface area contributed by atoms with E-state index in [4.69, 9.17) is 14.5 Å². The van der Waals surface area contributed by atoms with E-state index in [1.807, 2.05) is 12.3 Å². The lowest BCUT2D eigenvalue weighted by atomic mass is 10.1. The SMILES string of the molecule is CC(C)(C)OC(=O)NCc1ccc(-c2nc(N3CCOCC3)cn3nccc23)cc1F. The molecule has 0 spiro atoms. The molecule has 3 heterocycles. The number of benzene rings is 1. The van der Waals surface area contributed by atoms with E-state index in [9.17, 15) is 9.18 Å². The zero-order valence-corrected chi connectivity index (χ0v) is 17.9. The molecule has 1 fully saturated rings. The van der Waals surface area contributed by atoms with Crippen molar-refractivity contribution in [2.24, 2.45) is 0 Å². The van der Waals surface area contributed by atoms with Crippen LogP contribution in [-0.4, -0.2) is 52.6 Å². The van der Waals surface area contributed by atoms with Crippen LogP contribution >= 0.6 is 0 Å². The summed E-state index contributed by atoms with van der Waals surface area (Å²) in [4.78, 5) is 18.8. The van der Waals surface area contributed by atoms with E-state index in [1.165, 1.54) is 6.07 Å². The van der Waals surface area contributed by atoms with Crippen LogP contribution in [0.4, 0.5) is 15.0 Å². The van der Waals surface area contributed by atoms with Crippen LogP contribution in [0.25, 0.3) is 16.8 Å². The largest absolute Gasteiger partial charge is 0.444 e. The van der Waals surface area contributed by atoms with Gasteiger partial charge >= 0.3 is 6.09 Å². The van der Waals surface area contributed by atoms with Gasteiger partial charge in [-0.05, 0) is 32.9 Å². The number of ether oxygens (including phenoxy) is 2. The molecular weight excluding hydrogens is 401 g/mol. The number of nitrogens with one attached hydrogen (secondary N) is 1. The van der Waals surface area contributed by atoms with Crippen LogP contribution in [-0.2, 0) is 16.0 Å². The van der Waals surface area contributed by atoms with Gasteiger partial charge in [-0.15, -0.1) is 0 Å². The minimum atomic E-state index is -0.611. The maximum Gasteiger partial charge on any atom is 0.407 e. The highest BCUT2D eigenvalue weighted by molar-refractivity contribution is 5.78. The summed E-state index contributed by atoms with van der Waals surface area (Å²) in [6.07, 6.45) is 2.98. The summed E-state index contributed by atoms with van der Waals surface area (Å²) in [5, 5.41) is 6.93. The first-order valence-electron chi connectivity index (χ1n) is 10.2. The maximum atomic E-state index is 14.8. The second-order valence-electron chi connectivity index (χ2n) is 8.37. The Morgan fingerprint density at radius 2 is 2.03 bits per heavy atom. The van der Waals surface area contributed by atoms with Gasteiger partial charge in [0.2, 0.25) is 0 Å². The number of hydrogen-bond acceptors (Lipinski definition) is 6. The van der Waals surface area contributed by atoms with Crippen molar-refractivity contribution in [3.63, 3.8) is 0 Å². The van der Waals surface area contributed by atoms with E-state index in [0.29, 0.717) is 30.0 Å². The topological polar surface area (TPSA) is 81.0 Å². The molecule has 9 heteroatoms. The lowest BCUT2D eigenvalue weighted by Crippen LogP contribution is -2.37. The van der Waals surface area contributed by atoms with Crippen molar-refractivity contribution in [2.75, 3.05) is 31.2 Å². The second-order valence-corrected chi connectivity index (χ2v) is 8.37. The molecule has 0 unspecified atom stereocenters. The summed E-state index contributed by atoms with van der Waals surface area (Å²) < 4.78 is 27.2. The molecule has 1 aromatic carbocycles. The van der Waals surface area contributed by atoms with Crippen LogP contribution in [0.3, 0.4) is 0 Å². The van der Waals surface area contributed by atoms with Crippen molar-refractivity contribution in [1.82, 2.24) is 19.9 Å². The highest BCUT2D eigenvalue weighted by atomic mass is 19.1. The van der Waals surface area contributed by atoms with Crippen LogP contribution in [0.1, 0.15) is 26.3 Å². The fourth-order valence-corrected chi connectivity index (χ4v) is 3.39. The molecule has 4 rings (SSSR count). The van der Waals surface area contributed by atoms with Gasteiger partial charge in [0.25, 0.3) is 0 Å². The predicted molar refractivity (Wildman–Crippen MR) is 114 cm³/mol. The number of hydrogen-bond donors (Lipinski definition) is 1. The molecule has 1 aliphatic heterocycles. The van der Waals surface area contributed by atoms with Gasteiger partial charge in [-0.3, -0.25) is 0 Å².